The standard InChI is InChI=1S/12C4H12N.12BF4/c12*1-5(2,3)4;12*2-1(3,4)5/h12*1-4H3;;;;;;;;;;;;/q12*+1;12*-1. The number of nitrogens with zero attached hydrogens (tertiary/aromatic N) is 12. The smallest absolute Gasteiger partial charge is 0.418 e. The van der Waals surface area contributed by atoms with Gasteiger partial charge < -0.3 is 261 Å². The second-order valence-electron chi connectivity index (χ2n) is 38.1. The molecule has 0 heterocycles. The van der Waals surface area contributed by atoms with E-state index in [0.717, 1.165) is 53.8 Å². The minimum atomic E-state index is -6.00. The Hall–Kier alpha value is -3.06. The molecule has 0 spiro atoms. The number of hydrogen-bond acceptors (Lipinski definition) is 0. The van der Waals surface area contributed by atoms with Crippen LogP contribution in [0.4, 0.5) is 207 Å². The molecular weight excluding hydrogens is 1790 g/mol. The van der Waals surface area contributed by atoms with Crippen molar-refractivity contribution < 1.29 is 261 Å². The first-order chi connectivity index (χ1) is 48.0. The van der Waals surface area contributed by atoms with Crippen LogP contribution in [0.5, 0.6) is 0 Å². The second kappa shape index (κ2) is 77.1. The summed E-state index contributed by atoms with van der Waals surface area (Å²) >= 11 is 0. The lowest BCUT2D eigenvalue weighted by molar-refractivity contribution is -0.849. The molecule has 0 fully saturated rings. The van der Waals surface area contributed by atoms with Gasteiger partial charge in [0.05, 0.1) is 338 Å². The van der Waals surface area contributed by atoms with Gasteiger partial charge in [0.25, 0.3) is 0 Å². The Kier molecular flexibility index (Phi) is 117. The Balaban J connectivity index is -0.0000000364. The summed E-state index contributed by atoms with van der Waals surface area (Å²) in [4.78, 5) is 0. The van der Waals surface area contributed by atoms with E-state index in [2.05, 4.69) is 338 Å². The minimum Gasteiger partial charge on any atom is -0.418 e. The van der Waals surface area contributed by atoms with Crippen molar-refractivity contribution in [1.29, 1.82) is 0 Å². The van der Waals surface area contributed by atoms with Gasteiger partial charge in [-0.05, 0) is 0 Å². The molecule has 768 valence electrons. The third kappa shape index (κ3) is 159000. The summed E-state index contributed by atoms with van der Waals surface area (Å²) in [6, 6.07) is 0. The molecule has 0 unspecified atom stereocenters. The molecule has 0 N–H and O–H groups in total. The Morgan fingerprint density at radius 2 is 0.0667 bits per heavy atom. The fourth-order valence-electron chi connectivity index (χ4n) is 0. The van der Waals surface area contributed by atoms with Crippen LogP contribution in [0.15, 0.2) is 0 Å². The molecule has 12 nitrogen and oxygen atoms in total. The summed E-state index contributed by atoms with van der Waals surface area (Å²) in [7, 11) is 30.0. The maximum atomic E-state index is 9.75. The third-order valence-corrected chi connectivity index (χ3v) is 0. The van der Waals surface area contributed by atoms with Gasteiger partial charge >= 0.3 is 87.1 Å². The van der Waals surface area contributed by atoms with Crippen molar-refractivity contribution in [3.05, 3.63) is 0 Å². The molecule has 0 aliphatic heterocycles. The Morgan fingerprint density at radius 3 is 0.0667 bits per heavy atom. The molecule has 0 bridgehead atoms. The predicted molar refractivity (Wildman–Crippen MR) is 410 cm³/mol. The zero-order valence-electron chi connectivity index (χ0n) is 78.4. The van der Waals surface area contributed by atoms with Gasteiger partial charge in [-0.15, -0.1) is 0 Å². The summed E-state index contributed by atoms with van der Waals surface area (Å²) < 4.78 is 480. The summed E-state index contributed by atoms with van der Waals surface area (Å²) in [5, 5.41) is 0. The molecule has 0 aliphatic rings. The normalized spacial score (nSPS) is 12.0. The third-order valence-electron chi connectivity index (χ3n) is 0. The van der Waals surface area contributed by atoms with Crippen LogP contribution < -0.4 is 0 Å². The van der Waals surface area contributed by atoms with E-state index in [0.29, 0.717) is 0 Å². The topological polar surface area (TPSA) is 0 Å². The van der Waals surface area contributed by atoms with E-state index in [1.54, 1.807) is 0 Å². The van der Waals surface area contributed by atoms with Crippen molar-refractivity contribution in [2.75, 3.05) is 338 Å². The molecule has 0 saturated carbocycles. The lowest BCUT2D eigenvalue weighted by Crippen LogP contribution is -2.27. The van der Waals surface area contributed by atoms with E-state index in [-0.39, 0.29) is 0 Å². The Labute approximate surface area is 685 Å². The van der Waals surface area contributed by atoms with Crippen LogP contribution in [0.1, 0.15) is 0 Å². The molecule has 0 aromatic rings. The van der Waals surface area contributed by atoms with Crippen molar-refractivity contribution in [2.24, 2.45) is 0 Å². The van der Waals surface area contributed by atoms with Crippen LogP contribution in [0.2, 0.25) is 0 Å². The van der Waals surface area contributed by atoms with Crippen molar-refractivity contribution in [2.45, 2.75) is 0 Å². The minimum absolute atomic E-state index is 1.00. The van der Waals surface area contributed by atoms with Gasteiger partial charge in [0.1, 0.15) is 0 Å². The number of rotatable bonds is 0. The maximum absolute atomic E-state index is 9.75. The van der Waals surface area contributed by atoms with Crippen LogP contribution in [0.3, 0.4) is 0 Å². The molecule has 72 heteroatoms. The molecule has 120 heavy (non-hydrogen) atoms. The van der Waals surface area contributed by atoms with Crippen LogP contribution in [-0.2, 0) is 0 Å². The van der Waals surface area contributed by atoms with Crippen LogP contribution >= 0.6 is 0 Å². The van der Waals surface area contributed by atoms with E-state index in [1.807, 2.05) is 0 Å². The molecule has 0 radical (unpaired) electrons. The van der Waals surface area contributed by atoms with E-state index >= 15 is 0 Å². The molecule has 0 aromatic heterocycles. The van der Waals surface area contributed by atoms with E-state index in [9.17, 15) is 207 Å². The molecular formula is C48H144B12F48N12. The van der Waals surface area contributed by atoms with Gasteiger partial charge in [0.2, 0.25) is 0 Å². The van der Waals surface area contributed by atoms with Gasteiger partial charge in [-0.3, -0.25) is 0 Å². The zero-order valence-corrected chi connectivity index (χ0v) is 78.4. The van der Waals surface area contributed by atoms with Crippen molar-refractivity contribution in [3.8, 4) is 0 Å². The molecule has 0 saturated heterocycles. The Morgan fingerprint density at radius 1 is 0.0667 bits per heavy atom. The quantitative estimate of drug-likeness (QED) is 0.129. The summed E-state index contributed by atoms with van der Waals surface area (Å²) in [6.07, 6.45) is 0. The Bertz CT molecular complexity index is 1240. The van der Waals surface area contributed by atoms with Crippen molar-refractivity contribution >= 4 is 87.1 Å². The van der Waals surface area contributed by atoms with Crippen LogP contribution in [-0.4, -0.2) is 479 Å². The highest BCUT2D eigenvalue weighted by atomic mass is 19.5. The van der Waals surface area contributed by atoms with Gasteiger partial charge in [-0.2, -0.15) is 0 Å². The number of quaternary nitrogens is 12. The fourth-order valence-corrected chi connectivity index (χ4v) is 0. The molecule has 0 aliphatic carbocycles. The summed E-state index contributed by atoms with van der Waals surface area (Å²) in [5.74, 6) is 0. The first-order valence-corrected chi connectivity index (χ1v) is 31.9. The SMILES string of the molecule is C[N+](C)(C)C.C[N+](C)(C)C.C[N+](C)(C)C.C[N+](C)(C)C.C[N+](C)(C)C.C[N+](C)(C)C.C[N+](C)(C)C.C[N+](C)(C)C.C[N+](C)(C)C.C[N+](C)(C)C.C[N+](C)(C)C.C[N+](C)(C)C.F[B-](F)(F)F.F[B-](F)(F)F.F[B-](F)(F)F.F[B-](F)(F)F.F[B-](F)(F)F.F[B-](F)(F)F.F[B-](F)(F)F.F[B-](F)(F)F.F[B-](F)(F)F.F[B-](F)(F)F.F[B-](F)(F)F.F[B-](F)(F)F. The monoisotopic (exact) mass is 1930 g/mol. The highest BCUT2D eigenvalue weighted by Gasteiger charge is 2.25. The van der Waals surface area contributed by atoms with Gasteiger partial charge in [-0.25, -0.2) is 0 Å². The molecule has 0 aromatic carbocycles. The predicted octanol–water partition coefficient (Wildman–Crippen LogP) is 19.5. The lowest BCUT2D eigenvalue weighted by Gasteiger charge is -2.14. The molecule has 0 atom stereocenters. The highest BCUT2D eigenvalue weighted by molar-refractivity contribution is 6.53. The molecule has 0 amide bonds. The average Bonchev–Trinajstić information content (AvgIpc) is 3.00. The van der Waals surface area contributed by atoms with Gasteiger partial charge in [0.15, 0.2) is 0 Å². The van der Waals surface area contributed by atoms with E-state index < -0.39 is 87.1 Å². The summed E-state index contributed by atoms with van der Waals surface area (Å²) in [5.41, 5.74) is 0. The highest BCUT2D eigenvalue weighted by Crippen LogP contribution is 2.12. The number of hydrogen-bond donors (Lipinski definition) is 0. The van der Waals surface area contributed by atoms with E-state index in [4.69, 9.17) is 0 Å². The number of halogens is 48. The van der Waals surface area contributed by atoms with E-state index in [1.165, 1.54) is 0 Å². The van der Waals surface area contributed by atoms with Crippen LogP contribution in [0, 0.1) is 0 Å². The maximum Gasteiger partial charge on any atom is 0.673 e. The van der Waals surface area contributed by atoms with Gasteiger partial charge in [0, 0.05) is 0 Å². The first kappa shape index (κ1) is 182. The first-order valence-electron chi connectivity index (χ1n) is 31.9. The van der Waals surface area contributed by atoms with Crippen molar-refractivity contribution in [1.82, 2.24) is 0 Å². The van der Waals surface area contributed by atoms with Crippen molar-refractivity contribution in [3.63, 3.8) is 0 Å². The molecule has 0 rings (SSSR count). The average molecular weight is 1930 g/mol. The zero-order chi connectivity index (χ0) is 108. The largest absolute Gasteiger partial charge is 0.673 e. The second-order valence-corrected chi connectivity index (χ2v) is 38.1. The van der Waals surface area contributed by atoms with Gasteiger partial charge in [-0.1, -0.05) is 0 Å². The summed E-state index contributed by atoms with van der Waals surface area (Å²) in [6.45, 7) is 0. The lowest BCUT2D eigenvalue weighted by atomic mass is 10.3. The van der Waals surface area contributed by atoms with Crippen LogP contribution in [0.25, 0.3) is 0 Å². The fraction of sp³-hybridized carbons (Fsp3) is 1.00.